The number of hydrogen-bond acceptors (Lipinski definition) is 3. The predicted octanol–water partition coefficient (Wildman–Crippen LogP) is 9.18. The Morgan fingerprint density at radius 2 is 1.84 bits per heavy atom. The van der Waals surface area contributed by atoms with E-state index < -0.39 is 0 Å². The van der Waals surface area contributed by atoms with Gasteiger partial charge in [0.1, 0.15) is 0 Å². The van der Waals surface area contributed by atoms with Gasteiger partial charge in [0.15, 0.2) is 5.88 Å². The lowest BCUT2D eigenvalue weighted by atomic mass is 9.42. The Morgan fingerprint density at radius 3 is 2.56 bits per heavy atom. The van der Waals surface area contributed by atoms with E-state index in [1.165, 1.54) is 5.56 Å². The number of allylic oxidation sites excluding steroid dienone is 15. The molecule has 7 atom stereocenters. The average molecular weight is 574 g/mol. The first kappa shape index (κ1) is 28.3. The van der Waals surface area contributed by atoms with Gasteiger partial charge in [0.25, 0.3) is 0 Å². The van der Waals surface area contributed by atoms with Crippen LogP contribution in [0.2, 0.25) is 0 Å². The number of aliphatic hydroxyl groups excluding tert-OH is 1. The second-order valence-electron chi connectivity index (χ2n) is 13.5. The third-order valence-corrected chi connectivity index (χ3v) is 12.1. The van der Waals surface area contributed by atoms with Gasteiger partial charge in [0.2, 0.25) is 0 Å². The van der Waals surface area contributed by atoms with Crippen LogP contribution >= 0.6 is 0 Å². The maximum Gasteiger partial charge on any atom is 0.179 e. The van der Waals surface area contributed by atoms with E-state index in [9.17, 15) is 5.11 Å². The van der Waals surface area contributed by atoms with Gasteiger partial charge in [-0.15, -0.1) is 0 Å². The van der Waals surface area contributed by atoms with Gasteiger partial charge in [-0.3, -0.25) is 0 Å². The molecule has 0 amide bonds. The average Bonchev–Trinajstić information content (AvgIpc) is 3.38. The van der Waals surface area contributed by atoms with Crippen LogP contribution in [-0.4, -0.2) is 18.8 Å². The van der Waals surface area contributed by atoms with Gasteiger partial charge < -0.3 is 15.2 Å². The fraction of sp³-hybridized carbons (Fsp3) is 0.450. The van der Waals surface area contributed by atoms with Crippen molar-refractivity contribution in [2.24, 2.45) is 35.0 Å². The molecule has 5 unspecified atom stereocenters. The summed E-state index contributed by atoms with van der Waals surface area (Å²) in [7, 11) is 1.83. The quantitative estimate of drug-likeness (QED) is 0.342. The van der Waals surface area contributed by atoms with Crippen molar-refractivity contribution in [3.63, 3.8) is 0 Å². The smallest absolute Gasteiger partial charge is 0.179 e. The number of aliphatic hydroxyl groups is 1. The molecule has 0 saturated heterocycles. The van der Waals surface area contributed by atoms with E-state index in [0.29, 0.717) is 35.5 Å². The summed E-state index contributed by atoms with van der Waals surface area (Å²) in [5, 5.41) is 13.9. The van der Waals surface area contributed by atoms with Crippen LogP contribution in [0.3, 0.4) is 0 Å². The molecule has 7 rings (SSSR count). The molecule has 6 aliphatic rings. The Morgan fingerprint density at radius 1 is 0.977 bits per heavy atom. The molecular weight excluding hydrogens is 526 g/mol. The highest BCUT2D eigenvalue weighted by atomic mass is 16.5. The molecule has 0 aromatic heterocycles. The summed E-state index contributed by atoms with van der Waals surface area (Å²) in [6, 6.07) is 11.6. The first-order chi connectivity index (χ1) is 21.1. The Labute approximate surface area is 258 Å². The molecule has 0 radical (unpaired) electrons. The zero-order chi connectivity index (χ0) is 29.4. The van der Waals surface area contributed by atoms with Crippen molar-refractivity contribution >= 4 is 0 Å². The number of benzene rings is 1. The number of nitrogens with one attached hydrogen (secondary N) is 1. The van der Waals surface area contributed by atoms with Gasteiger partial charge in [-0.2, -0.15) is 0 Å². The van der Waals surface area contributed by atoms with Crippen molar-refractivity contribution < 1.29 is 9.84 Å². The van der Waals surface area contributed by atoms with Gasteiger partial charge in [-0.1, -0.05) is 91.9 Å². The molecule has 1 aromatic rings. The third-order valence-electron chi connectivity index (χ3n) is 12.1. The van der Waals surface area contributed by atoms with Gasteiger partial charge in [0.05, 0.1) is 12.9 Å². The fourth-order valence-corrected chi connectivity index (χ4v) is 10.5. The second kappa shape index (κ2) is 11.6. The lowest BCUT2D eigenvalue weighted by Gasteiger charge is -2.61. The number of hydrogen-bond donors (Lipinski definition) is 2. The lowest BCUT2D eigenvalue weighted by molar-refractivity contribution is -0.0248. The molecule has 3 heteroatoms. The standard InChI is InChI=1S/C40H47NO2/c1-28(39(29-13-5-3-6-14-29,30-15-7-4-8-16-30)31-21-24-33(43-2)25-22-31)40(32-23-26-38(42)41-27-32)36-19-11-9-17-34(36)35-18-10-12-20-37(35)40/h3-9,11-15,17,20,24,26,28,30-32,36,41-42H,10,16,18-19,21-23,25,27H2,1-2H3/t28-,30?,31?,32-,36?,39?,40?/m0/s1. The fourth-order valence-electron chi connectivity index (χ4n) is 10.5. The first-order valence-electron chi connectivity index (χ1n) is 16.6. The SMILES string of the molecule is COC1=CCC(C(c2ccccc2)(C2C=CC=CC2)[C@H](C)C2([C@H]3CC=C(O)NC3)C3=C(CCC=C3)C3=CC=CCC32)CC1. The largest absolute Gasteiger partial charge is 0.501 e. The summed E-state index contributed by atoms with van der Waals surface area (Å²) in [5.41, 5.74) is 6.09. The number of ether oxygens (including phenoxy) is 1. The summed E-state index contributed by atoms with van der Waals surface area (Å²) in [4.78, 5) is 0. The third kappa shape index (κ3) is 4.37. The zero-order valence-corrected chi connectivity index (χ0v) is 25.8. The van der Waals surface area contributed by atoms with Crippen molar-refractivity contribution in [1.29, 1.82) is 0 Å². The highest BCUT2D eigenvalue weighted by molar-refractivity contribution is 5.58. The van der Waals surface area contributed by atoms with Crippen LogP contribution in [-0.2, 0) is 10.2 Å². The molecule has 0 saturated carbocycles. The maximum atomic E-state index is 10.5. The minimum Gasteiger partial charge on any atom is -0.501 e. The van der Waals surface area contributed by atoms with Gasteiger partial charge in [-0.05, 0) is 109 Å². The molecule has 1 aliphatic heterocycles. The van der Waals surface area contributed by atoms with E-state index in [0.717, 1.165) is 63.7 Å². The normalized spacial score (nSPS) is 33.4. The summed E-state index contributed by atoms with van der Waals surface area (Å²) in [6.45, 7) is 3.44. The van der Waals surface area contributed by atoms with E-state index in [4.69, 9.17) is 4.74 Å². The topological polar surface area (TPSA) is 41.5 Å². The highest BCUT2D eigenvalue weighted by Gasteiger charge is 2.64. The second-order valence-corrected chi connectivity index (χ2v) is 13.5. The number of rotatable bonds is 7. The van der Waals surface area contributed by atoms with Crippen LogP contribution < -0.4 is 5.32 Å². The molecule has 43 heavy (non-hydrogen) atoms. The highest BCUT2D eigenvalue weighted by Crippen LogP contribution is 2.69. The maximum absolute atomic E-state index is 10.5. The summed E-state index contributed by atoms with van der Waals surface area (Å²) in [5.74, 6) is 3.48. The van der Waals surface area contributed by atoms with Crippen molar-refractivity contribution in [3.8, 4) is 0 Å². The van der Waals surface area contributed by atoms with Crippen molar-refractivity contribution in [3.05, 3.63) is 131 Å². The van der Waals surface area contributed by atoms with Crippen LogP contribution in [0.15, 0.2) is 126 Å². The van der Waals surface area contributed by atoms with Crippen LogP contribution in [0.4, 0.5) is 0 Å². The molecule has 5 aliphatic carbocycles. The monoisotopic (exact) mass is 573 g/mol. The van der Waals surface area contributed by atoms with Crippen LogP contribution in [0.25, 0.3) is 0 Å². The summed E-state index contributed by atoms with van der Waals surface area (Å²) >= 11 is 0. The first-order valence-corrected chi connectivity index (χ1v) is 16.6. The Hall–Kier alpha value is -3.46. The van der Waals surface area contributed by atoms with E-state index in [2.05, 4.69) is 109 Å². The predicted molar refractivity (Wildman–Crippen MR) is 176 cm³/mol. The molecular formula is C40H47NO2. The van der Waals surface area contributed by atoms with Crippen LogP contribution in [0.5, 0.6) is 0 Å². The number of methoxy groups -OCH3 is 1. The van der Waals surface area contributed by atoms with Crippen molar-refractivity contribution in [2.45, 2.75) is 63.7 Å². The van der Waals surface area contributed by atoms with Crippen LogP contribution in [0, 0.1) is 35.0 Å². The van der Waals surface area contributed by atoms with Crippen LogP contribution in [0.1, 0.15) is 63.9 Å². The lowest BCUT2D eigenvalue weighted by Crippen LogP contribution is -2.59. The molecule has 0 bridgehead atoms. The molecule has 1 heterocycles. The van der Waals surface area contributed by atoms with Gasteiger partial charge in [0, 0.05) is 23.8 Å². The summed E-state index contributed by atoms with van der Waals surface area (Å²) < 4.78 is 5.80. The molecule has 224 valence electrons. The van der Waals surface area contributed by atoms with E-state index in [-0.39, 0.29) is 10.8 Å². The van der Waals surface area contributed by atoms with E-state index in [1.807, 2.05) is 7.11 Å². The minimum absolute atomic E-state index is 0.0802. The molecule has 3 nitrogen and oxygen atoms in total. The van der Waals surface area contributed by atoms with Gasteiger partial charge in [-0.25, -0.2) is 0 Å². The Bertz CT molecular complexity index is 1470. The number of fused-ring (bicyclic) bond motifs is 2. The molecule has 1 aromatic carbocycles. The van der Waals surface area contributed by atoms with E-state index in [1.54, 1.807) is 16.7 Å². The Balaban J connectivity index is 1.51. The molecule has 2 N–H and O–H groups in total. The van der Waals surface area contributed by atoms with Gasteiger partial charge >= 0.3 is 0 Å². The minimum atomic E-state index is -0.0957. The van der Waals surface area contributed by atoms with Crippen molar-refractivity contribution in [1.82, 2.24) is 5.32 Å². The molecule has 0 spiro atoms. The summed E-state index contributed by atoms with van der Waals surface area (Å²) in [6.07, 6.45) is 34.5. The molecule has 0 fully saturated rings. The zero-order valence-electron chi connectivity index (χ0n) is 25.8. The van der Waals surface area contributed by atoms with E-state index >= 15 is 0 Å². The van der Waals surface area contributed by atoms with Crippen molar-refractivity contribution in [2.75, 3.05) is 13.7 Å². The Kier molecular flexibility index (Phi) is 7.61.